The van der Waals surface area contributed by atoms with Crippen LogP contribution in [-0.4, -0.2) is 23.9 Å². The minimum absolute atomic E-state index is 0.608. The summed E-state index contributed by atoms with van der Waals surface area (Å²) in [7, 11) is 0. The average Bonchev–Trinajstić information content (AvgIpc) is 2.74. The normalized spacial score (nSPS) is 11.0. The number of aromatic amines is 1. The van der Waals surface area contributed by atoms with Gasteiger partial charge in [-0.3, -0.25) is 0 Å². The van der Waals surface area contributed by atoms with Crippen LogP contribution in [0.1, 0.15) is 11.6 Å². The molecule has 0 aliphatic heterocycles. The number of nitrogens with zero attached hydrogens (tertiary/aromatic N) is 4. The molecule has 0 aromatic carbocycles. The van der Waals surface area contributed by atoms with Crippen molar-refractivity contribution in [2.24, 2.45) is 0 Å². The van der Waals surface area contributed by atoms with Gasteiger partial charge >= 0.3 is 0 Å². The molecule has 1 N–H and O–H groups in total. The van der Waals surface area contributed by atoms with E-state index in [0.29, 0.717) is 5.82 Å². The molecule has 0 saturated heterocycles. The maximum absolute atomic E-state index is 4.00. The van der Waals surface area contributed by atoms with Crippen LogP contribution in [0.4, 0.5) is 0 Å². The van der Waals surface area contributed by atoms with Crippen LogP contribution >= 0.6 is 11.7 Å². The molecular formula is C6H5N5S. The Morgan fingerprint density at radius 1 is 1.42 bits per heavy atom. The highest BCUT2D eigenvalue weighted by Crippen LogP contribution is 1.98. The van der Waals surface area contributed by atoms with E-state index < -0.39 is 0 Å². The number of H-pyrrole nitrogens is 1. The largest absolute Gasteiger partial charge is 0.345 e. The first-order valence-corrected chi connectivity index (χ1v) is 4.01. The first kappa shape index (κ1) is 7.11. The summed E-state index contributed by atoms with van der Waals surface area (Å²) in [6.45, 7) is 0. The van der Waals surface area contributed by atoms with E-state index in [1.807, 2.05) is 0 Å². The lowest BCUT2D eigenvalue weighted by Gasteiger charge is -1.79. The lowest BCUT2D eigenvalue weighted by Crippen LogP contribution is -1.76. The van der Waals surface area contributed by atoms with Crippen molar-refractivity contribution < 1.29 is 0 Å². The number of hydrogen-bond acceptors (Lipinski definition) is 5. The summed E-state index contributed by atoms with van der Waals surface area (Å²) in [5.74, 6) is 1.39. The molecule has 0 amide bonds. The highest BCUT2D eigenvalue weighted by Gasteiger charge is 1.91. The fourth-order valence-electron chi connectivity index (χ4n) is 0.724. The molecule has 6 heteroatoms. The van der Waals surface area contributed by atoms with Crippen LogP contribution in [0.15, 0.2) is 12.4 Å². The van der Waals surface area contributed by atoms with Gasteiger partial charge in [0.1, 0.15) is 5.82 Å². The zero-order valence-electron chi connectivity index (χ0n) is 6.01. The highest BCUT2D eigenvalue weighted by molar-refractivity contribution is 6.98. The van der Waals surface area contributed by atoms with Gasteiger partial charge in [0.15, 0.2) is 5.82 Å². The Morgan fingerprint density at radius 3 is 3.08 bits per heavy atom. The minimum atomic E-state index is 0.608. The van der Waals surface area contributed by atoms with E-state index in [0.717, 1.165) is 17.6 Å². The third kappa shape index (κ3) is 1.54. The van der Waals surface area contributed by atoms with Crippen molar-refractivity contribution in [3.05, 3.63) is 24.0 Å². The Balaban J connectivity index is 2.14. The number of imidazole rings is 1. The van der Waals surface area contributed by atoms with Crippen LogP contribution in [-0.2, 0) is 0 Å². The van der Waals surface area contributed by atoms with E-state index in [1.165, 1.54) is 0 Å². The van der Waals surface area contributed by atoms with Crippen molar-refractivity contribution >= 4 is 23.9 Å². The van der Waals surface area contributed by atoms with Crippen LogP contribution < -0.4 is 0 Å². The molecule has 2 rings (SSSR count). The minimum Gasteiger partial charge on any atom is -0.345 e. The quantitative estimate of drug-likeness (QED) is 0.741. The summed E-state index contributed by atoms with van der Waals surface area (Å²) < 4.78 is 7.53. The summed E-state index contributed by atoms with van der Waals surface area (Å²) in [6.07, 6.45) is 6.99. The number of aromatic nitrogens is 5. The van der Waals surface area contributed by atoms with E-state index in [4.69, 9.17) is 0 Å². The van der Waals surface area contributed by atoms with Crippen molar-refractivity contribution in [2.45, 2.75) is 0 Å². The molecule has 0 bridgehead atoms. The Hall–Kier alpha value is -1.56. The van der Waals surface area contributed by atoms with Crippen LogP contribution in [0.5, 0.6) is 0 Å². The average molecular weight is 179 g/mol. The number of rotatable bonds is 2. The first-order valence-electron chi connectivity index (χ1n) is 3.28. The zero-order valence-corrected chi connectivity index (χ0v) is 6.82. The maximum atomic E-state index is 4.00. The molecule has 0 unspecified atom stereocenters. The fourth-order valence-corrected chi connectivity index (χ4v) is 1.06. The molecular weight excluding hydrogens is 174 g/mol. The van der Waals surface area contributed by atoms with E-state index >= 15 is 0 Å². The third-order valence-corrected chi connectivity index (χ3v) is 1.65. The molecule has 0 saturated carbocycles. The molecule has 2 aromatic heterocycles. The SMILES string of the molecule is C(=Cc1ncc[nH]1)c1nnsn1. The van der Waals surface area contributed by atoms with Crippen molar-refractivity contribution in [3.8, 4) is 0 Å². The zero-order chi connectivity index (χ0) is 8.23. The van der Waals surface area contributed by atoms with E-state index in [2.05, 4.69) is 23.9 Å². The van der Waals surface area contributed by atoms with E-state index in [-0.39, 0.29) is 0 Å². The second kappa shape index (κ2) is 3.22. The van der Waals surface area contributed by atoms with Gasteiger partial charge in [0.05, 0.1) is 11.7 Å². The van der Waals surface area contributed by atoms with Gasteiger partial charge in [-0.25, -0.2) is 4.98 Å². The second-order valence-corrected chi connectivity index (χ2v) is 2.53. The van der Waals surface area contributed by atoms with Gasteiger partial charge in [-0.05, 0) is 12.2 Å². The van der Waals surface area contributed by atoms with Gasteiger partial charge in [0, 0.05) is 12.4 Å². The van der Waals surface area contributed by atoms with Gasteiger partial charge in [-0.15, -0.1) is 5.10 Å². The van der Waals surface area contributed by atoms with Crippen LogP contribution in [0.2, 0.25) is 0 Å². The molecule has 0 atom stereocenters. The summed E-state index contributed by atoms with van der Waals surface area (Å²) in [6, 6.07) is 0. The predicted molar refractivity (Wildman–Crippen MR) is 45.2 cm³/mol. The Labute approximate surface area is 72.5 Å². The summed E-state index contributed by atoms with van der Waals surface area (Å²) in [5, 5.41) is 3.74. The molecule has 0 aliphatic carbocycles. The molecule has 60 valence electrons. The van der Waals surface area contributed by atoms with Crippen LogP contribution in [0.3, 0.4) is 0 Å². The summed E-state index contributed by atoms with van der Waals surface area (Å²) in [4.78, 5) is 6.93. The van der Waals surface area contributed by atoms with Crippen molar-refractivity contribution in [2.75, 3.05) is 0 Å². The summed E-state index contributed by atoms with van der Waals surface area (Å²) >= 11 is 1.08. The fraction of sp³-hybridized carbons (Fsp3) is 0. The van der Waals surface area contributed by atoms with Gasteiger partial charge in [0.25, 0.3) is 0 Å². The molecule has 0 spiro atoms. The smallest absolute Gasteiger partial charge is 0.189 e. The van der Waals surface area contributed by atoms with Gasteiger partial charge in [-0.2, -0.15) is 4.37 Å². The number of nitrogens with one attached hydrogen (secondary N) is 1. The lowest BCUT2D eigenvalue weighted by molar-refractivity contribution is 1.11. The van der Waals surface area contributed by atoms with Crippen molar-refractivity contribution in [1.29, 1.82) is 0 Å². The van der Waals surface area contributed by atoms with Crippen LogP contribution in [0, 0.1) is 0 Å². The number of hydrogen-bond donors (Lipinski definition) is 1. The molecule has 12 heavy (non-hydrogen) atoms. The molecule has 0 fully saturated rings. The Kier molecular flexibility index (Phi) is 1.91. The third-order valence-electron chi connectivity index (χ3n) is 1.22. The Morgan fingerprint density at radius 2 is 2.42 bits per heavy atom. The van der Waals surface area contributed by atoms with Gasteiger partial charge in [0.2, 0.25) is 0 Å². The molecule has 0 radical (unpaired) electrons. The van der Waals surface area contributed by atoms with Crippen molar-refractivity contribution in [1.82, 2.24) is 23.9 Å². The highest BCUT2D eigenvalue weighted by atomic mass is 32.1. The first-order chi connectivity index (χ1) is 5.95. The van der Waals surface area contributed by atoms with Gasteiger partial charge < -0.3 is 4.98 Å². The van der Waals surface area contributed by atoms with E-state index in [1.54, 1.807) is 24.5 Å². The Bertz CT molecular complexity index is 313. The molecule has 0 aliphatic rings. The van der Waals surface area contributed by atoms with E-state index in [9.17, 15) is 0 Å². The standard InChI is InChI=1S/C6H5N5S/c1(5-7-3-4-8-5)2-6-9-11-12-10-6/h1-4H,(H,7,8). The summed E-state index contributed by atoms with van der Waals surface area (Å²) in [5.41, 5.74) is 0. The van der Waals surface area contributed by atoms with Crippen LogP contribution in [0.25, 0.3) is 12.2 Å². The lowest BCUT2D eigenvalue weighted by atomic mass is 10.4. The van der Waals surface area contributed by atoms with Crippen molar-refractivity contribution in [3.63, 3.8) is 0 Å². The van der Waals surface area contributed by atoms with Gasteiger partial charge in [-0.1, -0.05) is 4.49 Å². The predicted octanol–water partition coefficient (Wildman–Crippen LogP) is 0.827. The molecule has 5 nitrogen and oxygen atoms in total. The monoisotopic (exact) mass is 179 g/mol. The molecule has 2 aromatic rings. The second-order valence-electron chi connectivity index (χ2n) is 2.02. The molecule has 2 heterocycles. The topological polar surface area (TPSA) is 67.3 Å². The maximum Gasteiger partial charge on any atom is 0.189 e.